The van der Waals surface area contributed by atoms with E-state index in [-0.39, 0.29) is 11.4 Å². The number of nitriles is 1. The number of aromatic carboxylic acids is 1. The molecule has 2 N–H and O–H groups in total. The van der Waals surface area contributed by atoms with Crippen molar-refractivity contribution in [3.63, 3.8) is 0 Å². The van der Waals surface area contributed by atoms with E-state index in [1.807, 2.05) is 42.5 Å². The van der Waals surface area contributed by atoms with Crippen LogP contribution in [0.15, 0.2) is 48.6 Å². The lowest BCUT2D eigenvalue weighted by molar-refractivity contribution is 0.0688. The number of nitrogens with one attached hydrogen (secondary N) is 1. The van der Waals surface area contributed by atoms with E-state index >= 15 is 0 Å². The van der Waals surface area contributed by atoms with E-state index in [1.54, 1.807) is 6.08 Å². The van der Waals surface area contributed by atoms with Gasteiger partial charge in [0.15, 0.2) is 5.69 Å². The van der Waals surface area contributed by atoms with E-state index in [4.69, 9.17) is 5.11 Å². The van der Waals surface area contributed by atoms with Crippen LogP contribution < -0.4 is 0 Å². The maximum atomic E-state index is 11.2. The molecular formula is C16H12N4O2. The Balaban J connectivity index is 1.98. The van der Waals surface area contributed by atoms with Crippen LogP contribution in [-0.2, 0) is 5.41 Å². The fourth-order valence-electron chi connectivity index (χ4n) is 2.49. The van der Waals surface area contributed by atoms with Crippen molar-refractivity contribution in [3.8, 4) is 6.07 Å². The Hall–Kier alpha value is -3.20. The number of aromatic amines is 1. The van der Waals surface area contributed by atoms with Crippen molar-refractivity contribution in [2.45, 2.75) is 11.8 Å². The molecule has 0 saturated heterocycles. The molecule has 1 aromatic carbocycles. The van der Waals surface area contributed by atoms with Crippen LogP contribution >= 0.6 is 0 Å². The van der Waals surface area contributed by atoms with Crippen LogP contribution in [-0.4, -0.2) is 26.5 Å². The van der Waals surface area contributed by atoms with Crippen LogP contribution in [0.3, 0.4) is 0 Å². The second kappa shape index (κ2) is 5.30. The molecule has 0 aliphatic heterocycles. The normalized spacial score (nSPS) is 20.2. The number of hydrogen-bond donors (Lipinski definition) is 2. The summed E-state index contributed by atoms with van der Waals surface area (Å²) in [6, 6.07) is 11.9. The standard InChI is InChI=1S/C16H12N4O2/c17-10-16(14-13(15(21)22)18-20-19-14)8-6-12(7-9-16)11-4-2-1-3-5-11/h1-8H,9H2,(H,21,22)(H,18,19,20). The summed E-state index contributed by atoms with van der Waals surface area (Å²) in [6.07, 6.45) is 5.78. The van der Waals surface area contributed by atoms with Gasteiger partial charge in [0.05, 0.1) is 6.07 Å². The summed E-state index contributed by atoms with van der Waals surface area (Å²) in [4.78, 5) is 11.2. The maximum Gasteiger partial charge on any atom is 0.358 e. The third kappa shape index (κ3) is 2.19. The number of rotatable bonds is 3. The van der Waals surface area contributed by atoms with Crippen LogP contribution in [0, 0.1) is 11.3 Å². The van der Waals surface area contributed by atoms with Crippen LogP contribution in [0.5, 0.6) is 0 Å². The molecule has 6 nitrogen and oxygen atoms in total. The molecule has 0 spiro atoms. The second-order valence-electron chi connectivity index (χ2n) is 4.97. The molecule has 108 valence electrons. The van der Waals surface area contributed by atoms with Crippen LogP contribution in [0.1, 0.15) is 28.2 Å². The van der Waals surface area contributed by atoms with Gasteiger partial charge in [0.1, 0.15) is 11.1 Å². The van der Waals surface area contributed by atoms with Gasteiger partial charge in [-0.3, -0.25) is 0 Å². The van der Waals surface area contributed by atoms with E-state index < -0.39 is 11.4 Å². The molecule has 0 bridgehead atoms. The molecule has 1 heterocycles. The lowest BCUT2D eigenvalue weighted by Crippen LogP contribution is -2.25. The Kier molecular flexibility index (Phi) is 3.31. The molecule has 0 amide bonds. The highest BCUT2D eigenvalue weighted by atomic mass is 16.4. The number of H-pyrrole nitrogens is 1. The molecule has 1 aliphatic rings. The number of allylic oxidation sites excluding steroid dienone is 4. The molecular weight excluding hydrogens is 280 g/mol. The van der Waals surface area contributed by atoms with Gasteiger partial charge in [-0.2, -0.15) is 15.6 Å². The van der Waals surface area contributed by atoms with E-state index in [2.05, 4.69) is 21.5 Å². The maximum absolute atomic E-state index is 11.2. The summed E-state index contributed by atoms with van der Waals surface area (Å²) >= 11 is 0. The van der Waals surface area contributed by atoms with Crippen molar-refractivity contribution in [3.05, 3.63) is 65.5 Å². The molecule has 1 aliphatic carbocycles. The average Bonchev–Trinajstić information content (AvgIpc) is 3.06. The smallest absolute Gasteiger partial charge is 0.358 e. The van der Waals surface area contributed by atoms with Gasteiger partial charge in [-0.25, -0.2) is 4.79 Å². The van der Waals surface area contributed by atoms with E-state index in [1.165, 1.54) is 0 Å². The summed E-state index contributed by atoms with van der Waals surface area (Å²) in [6.45, 7) is 0. The number of aromatic nitrogens is 3. The minimum atomic E-state index is -1.20. The van der Waals surface area contributed by atoms with Gasteiger partial charge >= 0.3 is 5.97 Å². The molecule has 1 aromatic heterocycles. The number of carboxylic acid groups (broad SMARTS) is 1. The highest BCUT2D eigenvalue weighted by molar-refractivity contribution is 5.87. The van der Waals surface area contributed by atoms with Crippen molar-refractivity contribution < 1.29 is 9.90 Å². The minimum absolute atomic E-state index is 0.141. The van der Waals surface area contributed by atoms with Gasteiger partial charge < -0.3 is 5.11 Å². The third-order valence-electron chi connectivity index (χ3n) is 3.67. The number of carboxylic acids is 1. The van der Waals surface area contributed by atoms with Crippen LogP contribution in [0.25, 0.3) is 5.57 Å². The van der Waals surface area contributed by atoms with Gasteiger partial charge in [0.25, 0.3) is 0 Å². The molecule has 0 fully saturated rings. The Morgan fingerprint density at radius 2 is 2.09 bits per heavy atom. The first-order chi connectivity index (χ1) is 10.7. The molecule has 22 heavy (non-hydrogen) atoms. The van der Waals surface area contributed by atoms with Crippen molar-refractivity contribution in [1.29, 1.82) is 5.26 Å². The minimum Gasteiger partial charge on any atom is -0.476 e. The van der Waals surface area contributed by atoms with Gasteiger partial charge in [-0.15, -0.1) is 5.10 Å². The molecule has 6 heteroatoms. The molecule has 1 unspecified atom stereocenters. The highest BCUT2D eigenvalue weighted by Gasteiger charge is 2.38. The monoisotopic (exact) mass is 292 g/mol. The summed E-state index contributed by atoms with van der Waals surface area (Å²) in [5.41, 5.74) is 0.847. The fraction of sp³-hybridized carbons (Fsp3) is 0.125. The predicted molar refractivity (Wildman–Crippen MR) is 78.8 cm³/mol. The van der Waals surface area contributed by atoms with E-state index in [0.29, 0.717) is 6.42 Å². The Morgan fingerprint density at radius 1 is 1.32 bits per heavy atom. The van der Waals surface area contributed by atoms with Gasteiger partial charge in [-0.05, 0) is 17.6 Å². The van der Waals surface area contributed by atoms with Gasteiger partial charge in [-0.1, -0.05) is 48.6 Å². The topological polar surface area (TPSA) is 103 Å². The molecule has 3 rings (SSSR count). The van der Waals surface area contributed by atoms with Crippen molar-refractivity contribution in [2.24, 2.45) is 0 Å². The largest absolute Gasteiger partial charge is 0.476 e. The number of carbonyl (C=O) groups is 1. The fourth-order valence-corrected chi connectivity index (χ4v) is 2.49. The zero-order valence-corrected chi connectivity index (χ0v) is 11.5. The molecule has 2 aromatic rings. The average molecular weight is 292 g/mol. The summed E-state index contributed by atoms with van der Waals surface area (Å²) in [7, 11) is 0. The lowest BCUT2D eigenvalue weighted by Gasteiger charge is -2.23. The Bertz CT molecular complexity index is 814. The zero-order valence-electron chi connectivity index (χ0n) is 11.5. The van der Waals surface area contributed by atoms with Gasteiger partial charge in [0, 0.05) is 0 Å². The zero-order chi connectivity index (χ0) is 15.6. The number of benzene rings is 1. The molecule has 1 atom stereocenters. The third-order valence-corrected chi connectivity index (χ3v) is 3.67. The number of hydrogen-bond acceptors (Lipinski definition) is 4. The summed E-state index contributed by atoms with van der Waals surface area (Å²) < 4.78 is 0. The summed E-state index contributed by atoms with van der Waals surface area (Å²) in [5, 5.41) is 28.5. The van der Waals surface area contributed by atoms with Crippen LogP contribution in [0.4, 0.5) is 0 Å². The number of nitrogens with zero attached hydrogens (tertiary/aromatic N) is 3. The molecule has 0 saturated carbocycles. The first-order valence-corrected chi connectivity index (χ1v) is 6.67. The first-order valence-electron chi connectivity index (χ1n) is 6.67. The van der Waals surface area contributed by atoms with Crippen molar-refractivity contribution in [2.75, 3.05) is 0 Å². The van der Waals surface area contributed by atoms with E-state index in [9.17, 15) is 10.1 Å². The van der Waals surface area contributed by atoms with Gasteiger partial charge in [0.2, 0.25) is 0 Å². The Labute approximate surface area is 126 Å². The lowest BCUT2D eigenvalue weighted by atomic mass is 9.77. The quantitative estimate of drug-likeness (QED) is 0.903. The van der Waals surface area contributed by atoms with Crippen molar-refractivity contribution in [1.82, 2.24) is 15.4 Å². The summed E-state index contributed by atoms with van der Waals surface area (Å²) in [5.74, 6) is -1.20. The second-order valence-corrected chi connectivity index (χ2v) is 4.97. The SMILES string of the molecule is N#CC1(c2n[nH]nc2C(=O)O)C=CC(c2ccccc2)=CC1. The molecule has 0 radical (unpaired) electrons. The van der Waals surface area contributed by atoms with Crippen LogP contribution in [0.2, 0.25) is 0 Å². The van der Waals surface area contributed by atoms with Crippen molar-refractivity contribution >= 4 is 11.5 Å². The Morgan fingerprint density at radius 3 is 2.68 bits per heavy atom. The van der Waals surface area contributed by atoms with E-state index in [0.717, 1.165) is 11.1 Å². The first kappa shape index (κ1) is 13.8. The highest BCUT2D eigenvalue weighted by Crippen LogP contribution is 2.36. The predicted octanol–water partition coefficient (Wildman–Crippen LogP) is 2.31.